The molecule has 5 heteroatoms. The van der Waals surface area contributed by atoms with Crippen LogP contribution in [0.2, 0.25) is 0 Å². The van der Waals surface area contributed by atoms with Gasteiger partial charge in [0.25, 0.3) is 0 Å². The number of rotatable bonds is 2. The second kappa shape index (κ2) is 6.44. The van der Waals surface area contributed by atoms with Crippen molar-refractivity contribution in [3.8, 4) is 0 Å². The molecule has 0 saturated heterocycles. The molecule has 1 aromatic rings. The first-order valence-electron chi connectivity index (χ1n) is 5.20. The summed E-state index contributed by atoms with van der Waals surface area (Å²) in [5.74, 6) is 0.610. The monoisotopic (exact) mass is 312 g/mol. The van der Waals surface area contributed by atoms with Gasteiger partial charge in [0, 0.05) is 10.0 Å². The van der Waals surface area contributed by atoms with Crippen LogP contribution in [-0.4, -0.2) is 26.3 Å². The zero-order chi connectivity index (χ0) is 13.7. The molecule has 0 radical (unpaired) electrons. The number of aliphatic imine (C=N–C) groups is 2. The van der Waals surface area contributed by atoms with E-state index in [1.54, 1.807) is 20.1 Å². The van der Waals surface area contributed by atoms with Crippen molar-refractivity contribution >= 4 is 40.3 Å². The van der Waals surface area contributed by atoms with E-state index < -0.39 is 0 Å². The molecule has 1 aromatic carbocycles. The number of ether oxygens (including phenoxy) is 1. The highest BCUT2D eigenvalue weighted by Crippen LogP contribution is 2.33. The van der Waals surface area contributed by atoms with E-state index in [0.717, 1.165) is 12.4 Å². The minimum absolute atomic E-state index is 0.269. The van der Waals surface area contributed by atoms with E-state index in [9.17, 15) is 4.39 Å². The van der Waals surface area contributed by atoms with E-state index >= 15 is 0 Å². The third-order valence-electron chi connectivity index (χ3n) is 2.38. The van der Waals surface area contributed by atoms with Crippen LogP contribution in [-0.2, 0) is 4.74 Å². The van der Waals surface area contributed by atoms with E-state index in [1.807, 2.05) is 0 Å². The van der Waals surface area contributed by atoms with Crippen molar-refractivity contribution in [1.29, 1.82) is 0 Å². The van der Waals surface area contributed by atoms with Crippen molar-refractivity contribution in [2.75, 3.05) is 13.7 Å². The zero-order valence-corrected chi connectivity index (χ0v) is 11.9. The summed E-state index contributed by atoms with van der Waals surface area (Å²) in [4.78, 5) is 7.52. The van der Waals surface area contributed by atoms with Gasteiger partial charge in [0.05, 0.1) is 12.8 Å². The fourth-order valence-corrected chi connectivity index (χ4v) is 1.83. The maximum atomic E-state index is 13.2. The second-order valence-corrected chi connectivity index (χ2v) is 4.36. The normalized spacial score (nSPS) is 11.9. The molecule has 0 atom stereocenters. The number of benzene rings is 1. The SMILES string of the molecule is C=Cc1c(C)c(F)cc(Br)c1N=C.COC1=NC1. The van der Waals surface area contributed by atoms with Gasteiger partial charge in [-0.1, -0.05) is 12.7 Å². The Hall–Kier alpha value is -1.49. The number of halogens is 2. The van der Waals surface area contributed by atoms with Gasteiger partial charge < -0.3 is 4.74 Å². The van der Waals surface area contributed by atoms with Crippen molar-refractivity contribution in [3.63, 3.8) is 0 Å². The lowest BCUT2D eigenvalue weighted by atomic mass is 10.1. The van der Waals surface area contributed by atoms with Crippen molar-refractivity contribution in [1.82, 2.24) is 0 Å². The Morgan fingerprint density at radius 3 is 2.56 bits per heavy atom. The zero-order valence-electron chi connectivity index (χ0n) is 10.3. The van der Waals surface area contributed by atoms with Gasteiger partial charge in [0.15, 0.2) is 0 Å². The van der Waals surface area contributed by atoms with Crippen LogP contribution in [0, 0.1) is 12.7 Å². The van der Waals surface area contributed by atoms with Gasteiger partial charge in [0.2, 0.25) is 5.90 Å². The Morgan fingerprint density at radius 2 is 2.22 bits per heavy atom. The smallest absolute Gasteiger partial charge is 0.205 e. The van der Waals surface area contributed by atoms with Crippen LogP contribution in [0.3, 0.4) is 0 Å². The molecule has 0 saturated carbocycles. The van der Waals surface area contributed by atoms with Crippen LogP contribution in [0.4, 0.5) is 10.1 Å². The Morgan fingerprint density at radius 1 is 1.61 bits per heavy atom. The third-order valence-corrected chi connectivity index (χ3v) is 2.99. The van der Waals surface area contributed by atoms with Gasteiger partial charge in [-0.25, -0.2) is 9.38 Å². The molecule has 0 fully saturated rings. The quantitative estimate of drug-likeness (QED) is 0.762. The molecule has 96 valence electrons. The van der Waals surface area contributed by atoms with Gasteiger partial charge in [-0.2, -0.15) is 0 Å². The van der Waals surface area contributed by atoms with Crippen molar-refractivity contribution in [2.24, 2.45) is 9.98 Å². The molecule has 0 aliphatic carbocycles. The average Bonchev–Trinajstić information content (AvgIpc) is 3.17. The van der Waals surface area contributed by atoms with Crippen LogP contribution in [0.15, 0.2) is 27.1 Å². The van der Waals surface area contributed by atoms with Crippen LogP contribution in [0.5, 0.6) is 0 Å². The fourth-order valence-electron chi connectivity index (χ4n) is 1.29. The van der Waals surface area contributed by atoms with Crippen molar-refractivity contribution in [2.45, 2.75) is 6.92 Å². The Kier molecular flexibility index (Phi) is 5.22. The molecular weight excluding hydrogens is 299 g/mol. The number of nitrogens with zero attached hydrogens (tertiary/aromatic N) is 2. The van der Waals surface area contributed by atoms with Gasteiger partial charge in [-0.15, -0.1) is 0 Å². The summed E-state index contributed by atoms with van der Waals surface area (Å²) >= 11 is 3.21. The van der Waals surface area contributed by atoms with E-state index in [2.05, 4.69) is 43.9 Å². The van der Waals surface area contributed by atoms with Crippen molar-refractivity contribution in [3.05, 3.63) is 34.1 Å². The molecule has 1 aliphatic rings. The lowest BCUT2D eigenvalue weighted by molar-refractivity contribution is 0.415. The maximum absolute atomic E-state index is 13.2. The topological polar surface area (TPSA) is 34.0 Å². The predicted octanol–water partition coefficient (Wildman–Crippen LogP) is 3.92. The van der Waals surface area contributed by atoms with Crippen LogP contribution >= 0.6 is 15.9 Å². The Balaban J connectivity index is 0.000000269. The summed E-state index contributed by atoms with van der Waals surface area (Å²) in [7, 11) is 1.63. The molecule has 2 rings (SSSR count). The highest BCUT2D eigenvalue weighted by Gasteiger charge is 2.10. The minimum Gasteiger partial charge on any atom is -0.483 e. The van der Waals surface area contributed by atoms with Crippen LogP contribution < -0.4 is 0 Å². The van der Waals surface area contributed by atoms with Gasteiger partial charge in [-0.05, 0) is 41.2 Å². The average molecular weight is 313 g/mol. The van der Waals surface area contributed by atoms with E-state index in [0.29, 0.717) is 21.3 Å². The number of methoxy groups -OCH3 is 1. The highest BCUT2D eigenvalue weighted by molar-refractivity contribution is 9.10. The van der Waals surface area contributed by atoms with Crippen molar-refractivity contribution < 1.29 is 9.13 Å². The molecule has 0 amide bonds. The lowest BCUT2D eigenvalue weighted by Crippen LogP contribution is -1.88. The van der Waals surface area contributed by atoms with E-state index in [4.69, 9.17) is 0 Å². The standard InChI is InChI=1S/C10H9BrFN.C3H5NO/c1-4-7-6(2)9(12)5-8(11)10(7)13-3;1-5-3-2-4-3/h4-5H,1,3H2,2H3;2H2,1H3. The summed E-state index contributed by atoms with van der Waals surface area (Å²) in [6.07, 6.45) is 1.58. The highest BCUT2D eigenvalue weighted by atomic mass is 79.9. The summed E-state index contributed by atoms with van der Waals surface area (Å²) in [5, 5.41) is 0. The van der Waals surface area contributed by atoms with Gasteiger partial charge >= 0.3 is 0 Å². The molecule has 18 heavy (non-hydrogen) atoms. The summed E-state index contributed by atoms with van der Waals surface area (Å²) < 4.78 is 18.4. The molecule has 0 bridgehead atoms. The van der Waals surface area contributed by atoms with Gasteiger partial charge in [0.1, 0.15) is 12.4 Å². The summed E-state index contributed by atoms with van der Waals surface area (Å²) in [6.45, 7) is 9.55. The fraction of sp³-hybridized carbons (Fsp3) is 0.231. The second-order valence-electron chi connectivity index (χ2n) is 3.50. The summed E-state index contributed by atoms with van der Waals surface area (Å²) in [6, 6.07) is 1.38. The van der Waals surface area contributed by atoms with Gasteiger partial charge in [-0.3, -0.25) is 4.99 Å². The third kappa shape index (κ3) is 3.50. The predicted molar refractivity (Wildman–Crippen MR) is 77.4 cm³/mol. The maximum Gasteiger partial charge on any atom is 0.205 e. The molecule has 0 N–H and O–H groups in total. The minimum atomic E-state index is -0.269. The largest absolute Gasteiger partial charge is 0.483 e. The molecule has 0 spiro atoms. The molecule has 0 aromatic heterocycles. The first-order chi connectivity index (χ1) is 8.54. The number of hydrogen-bond donors (Lipinski definition) is 0. The number of hydrogen-bond acceptors (Lipinski definition) is 3. The lowest BCUT2D eigenvalue weighted by Gasteiger charge is -2.07. The molecule has 1 heterocycles. The summed E-state index contributed by atoms with van der Waals surface area (Å²) in [5.41, 5.74) is 1.86. The molecule has 1 aliphatic heterocycles. The molecule has 0 unspecified atom stereocenters. The first kappa shape index (κ1) is 14.6. The van der Waals surface area contributed by atoms with Crippen LogP contribution in [0.1, 0.15) is 11.1 Å². The first-order valence-corrected chi connectivity index (χ1v) is 5.99. The van der Waals surface area contributed by atoms with Crippen LogP contribution in [0.25, 0.3) is 6.08 Å². The Labute approximate surface area is 114 Å². The van der Waals surface area contributed by atoms with E-state index in [1.165, 1.54) is 6.07 Å². The van der Waals surface area contributed by atoms with E-state index in [-0.39, 0.29) is 5.82 Å². The Bertz CT molecular complexity index is 512. The molecular formula is C13H14BrFN2O. The molecule has 3 nitrogen and oxygen atoms in total.